The van der Waals surface area contributed by atoms with Crippen molar-refractivity contribution in [1.29, 1.82) is 0 Å². The van der Waals surface area contributed by atoms with Crippen molar-refractivity contribution in [2.75, 3.05) is 5.73 Å². The van der Waals surface area contributed by atoms with Crippen LogP contribution in [0.4, 0.5) is 5.82 Å². The van der Waals surface area contributed by atoms with Gasteiger partial charge < -0.3 is 10.7 Å². The van der Waals surface area contributed by atoms with E-state index >= 15 is 0 Å². The summed E-state index contributed by atoms with van der Waals surface area (Å²) in [6.07, 6.45) is 1.47. The summed E-state index contributed by atoms with van der Waals surface area (Å²) in [4.78, 5) is 16.4. The third-order valence-corrected chi connectivity index (χ3v) is 3.88. The summed E-state index contributed by atoms with van der Waals surface area (Å²) >= 11 is 0. The first-order chi connectivity index (χ1) is 11.0. The minimum atomic E-state index is 0.172. The lowest BCUT2D eigenvalue weighted by atomic mass is 10.2. The lowest BCUT2D eigenvalue weighted by Crippen LogP contribution is -2.04. The van der Waals surface area contributed by atoms with E-state index < -0.39 is 0 Å². The van der Waals surface area contributed by atoms with Crippen LogP contribution in [0.3, 0.4) is 0 Å². The van der Waals surface area contributed by atoms with Crippen LogP contribution < -0.4 is 5.73 Å². The Kier molecular flexibility index (Phi) is 2.84. The van der Waals surface area contributed by atoms with Gasteiger partial charge in [-0.1, -0.05) is 0 Å². The lowest BCUT2D eigenvalue weighted by Gasteiger charge is -2.05. The molecule has 7 heteroatoms. The zero-order valence-electron chi connectivity index (χ0n) is 13.2. The van der Waals surface area contributed by atoms with E-state index in [0.717, 1.165) is 39.1 Å². The summed E-state index contributed by atoms with van der Waals surface area (Å²) in [5.74, 6) is 0.430. The predicted octanol–water partition coefficient (Wildman–Crippen LogP) is 2.84. The Bertz CT molecular complexity index is 1030. The van der Waals surface area contributed by atoms with Crippen molar-refractivity contribution in [3.05, 3.63) is 30.2 Å². The Morgan fingerprint density at radius 2 is 2.04 bits per heavy atom. The van der Waals surface area contributed by atoms with Crippen LogP contribution in [0.25, 0.3) is 33.5 Å². The molecule has 116 valence electrons. The number of H-pyrrole nitrogens is 1. The molecule has 0 aromatic carbocycles. The van der Waals surface area contributed by atoms with Crippen LogP contribution in [0, 0.1) is 6.92 Å². The Morgan fingerprint density at radius 1 is 1.22 bits per heavy atom. The van der Waals surface area contributed by atoms with Crippen LogP contribution in [-0.4, -0.2) is 29.7 Å². The van der Waals surface area contributed by atoms with Crippen molar-refractivity contribution in [1.82, 2.24) is 29.7 Å². The Balaban J connectivity index is 2.03. The highest BCUT2D eigenvalue weighted by molar-refractivity contribution is 5.99. The average Bonchev–Trinajstić information content (AvgIpc) is 3.08. The SMILES string of the molecule is Cc1ccc2[nH]c(-c3nn(C(C)C)c4ncnc(N)c34)cc2n1. The van der Waals surface area contributed by atoms with Gasteiger partial charge in [0, 0.05) is 11.7 Å². The smallest absolute Gasteiger partial charge is 0.164 e. The van der Waals surface area contributed by atoms with Gasteiger partial charge in [0.05, 0.1) is 22.1 Å². The molecule has 4 heterocycles. The highest BCUT2D eigenvalue weighted by Crippen LogP contribution is 2.32. The maximum Gasteiger partial charge on any atom is 0.164 e. The van der Waals surface area contributed by atoms with Gasteiger partial charge in [-0.3, -0.25) is 4.98 Å². The number of aromatic amines is 1. The quantitative estimate of drug-likeness (QED) is 0.593. The molecule has 0 saturated carbocycles. The first-order valence-electron chi connectivity index (χ1n) is 7.50. The zero-order valence-corrected chi connectivity index (χ0v) is 13.2. The van der Waals surface area contributed by atoms with E-state index in [9.17, 15) is 0 Å². The van der Waals surface area contributed by atoms with Gasteiger partial charge in [-0.15, -0.1) is 0 Å². The fourth-order valence-electron chi connectivity index (χ4n) is 2.78. The minimum Gasteiger partial charge on any atom is -0.383 e. The Labute approximate surface area is 132 Å². The molecule has 0 fully saturated rings. The number of rotatable bonds is 2. The first kappa shape index (κ1) is 13.7. The monoisotopic (exact) mass is 307 g/mol. The van der Waals surface area contributed by atoms with Gasteiger partial charge in [0.2, 0.25) is 0 Å². The van der Waals surface area contributed by atoms with Crippen molar-refractivity contribution >= 4 is 27.9 Å². The molecule has 0 atom stereocenters. The number of fused-ring (bicyclic) bond motifs is 2. The molecule has 0 aliphatic carbocycles. The first-order valence-corrected chi connectivity index (χ1v) is 7.50. The van der Waals surface area contributed by atoms with E-state index in [1.165, 1.54) is 6.33 Å². The standard InChI is InChI=1S/C16H17N7/c1-8(2)23-16-13(15(17)18-7-19-16)14(22-23)12-6-11-10(21-12)5-4-9(3)20-11/h4-8,21H,1-3H3,(H2,17,18,19). The van der Waals surface area contributed by atoms with Crippen LogP contribution in [0.5, 0.6) is 0 Å². The summed E-state index contributed by atoms with van der Waals surface area (Å²) in [5.41, 5.74) is 11.3. The molecule has 0 amide bonds. The van der Waals surface area contributed by atoms with E-state index in [1.54, 1.807) is 0 Å². The molecule has 0 spiro atoms. The third kappa shape index (κ3) is 2.04. The van der Waals surface area contributed by atoms with Crippen molar-refractivity contribution in [2.24, 2.45) is 0 Å². The predicted molar refractivity (Wildman–Crippen MR) is 89.9 cm³/mol. The lowest BCUT2D eigenvalue weighted by molar-refractivity contribution is 0.547. The molecule has 0 aliphatic rings. The number of nitrogens with one attached hydrogen (secondary N) is 1. The molecule has 0 unspecified atom stereocenters. The normalized spacial score (nSPS) is 11.8. The molecule has 7 nitrogen and oxygen atoms in total. The van der Waals surface area contributed by atoms with Crippen molar-refractivity contribution < 1.29 is 0 Å². The summed E-state index contributed by atoms with van der Waals surface area (Å²) in [5, 5.41) is 5.48. The molecule has 0 saturated heterocycles. The van der Waals surface area contributed by atoms with Crippen LogP contribution in [-0.2, 0) is 0 Å². The highest BCUT2D eigenvalue weighted by atomic mass is 15.3. The number of aromatic nitrogens is 6. The maximum atomic E-state index is 6.09. The molecule has 23 heavy (non-hydrogen) atoms. The van der Waals surface area contributed by atoms with Gasteiger partial charge in [0.15, 0.2) is 5.65 Å². The highest BCUT2D eigenvalue weighted by Gasteiger charge is 2.19. The second-order valence-corrected chi connectivity index (χ2v) is 5.91. The van der Waals surface area contributed by atoms with Gasteiger partial charge in [-0.25, -0.2) is 14.6 Å². The van der Waals surface area contributed by atoms with E-state index in [1.807, 2.05) is 29.8 Å². The fourth-order valence-corrected chi connectivity index (χ4v) is 2.78. The maximum absolute atomic E-state index is 6.09. The topological polar surface area (TPSA) is 98.3 Å². The summed E-state index contributed by atoms with van der Waals surface area (Å²) in [6, 6.07) is 6.15. The van der Waals surface area contributed by atoms with Crippen molar-refractivity contribution in [3.63, 3.8) is 0 Å². The van der Waals surface area contributed by atoms with E-state index in [2.05, 4.69) is 33.8 Å². The van der Waals surface area contributed by atoms with Crippen LogP contribution >= 0.6 is 0 Å². The van der Waals surface area contributed by atoms with E-state index in [-0.39, 0.29) is 6.04 Å². The molecular weight excluding hydrogens is 290 g/mol. The summed E-state index contributed by atoms with van der Waals surface area (Å²) in [6.45, 7) is 6.09. The Hall–Kier alpha value is -2.96. The molecule has 4 rings (SSSR count). The van der Waals surface area contributed by atoms with Gasteiger partial charge in [0.1, 0.15) is 17.8 Å². The molecule has 0 bridgehead atoms. The largest absolute Gasteiger partial charge is 0.383 e. The number of nitrogens with zero attached hydrogens (tertiary/aromatic N) is 5. The van der Waals surface area contributed by atoms with Crippen molar-refractivity contribution in [3.8, 4) is 11.4 Å². The Morgan fingerprint density at radius 3 is 2.83 bits per heavy atom. The zero-order chi connectivity index (χ0) is 16.1. The molecule has 4 aromatic heterocycles. The van der Waals surface area contributed by atoms with Crippen LogP contribution in [0.2, 0.25) is 0 Å². The molecule has 0 aliphatic heterocycles. The number of hydrogen-bond donors (Lipinski definition) is 2. The second kappa shape index (κ2) is 4.77. The van der Waals surface area contributed by atoms with Gasteiger partial charge in [0.25, 0.3) is 0 Å². The number of hydrogen-bond acceptors (Lipinski definition) is 5. The van der Waals surface area contributed by atoms with Crippen molar-refractivity contribution in [2.45, 2.75) is 26.8 Å². The molecular formula is C16H17N7. The summed E-state index contributed by atoms with van der Waals surface area (Å²) in [7, 11) is 0. The number of nitrogen functional groups attached to an aromatic ring is 1. The summed E-state index contributed by atoms with van der Waals surface area (Å²) < 4.78 is 1.87. The molecule has 3 N–H and O–H groups in total. The fraction of sp³-hybridized carbons (Fsp3) is 0.250. The second-order valence-electron chi connectivity index (χ2n) is 5.91. The minimum absolute atomic E-state index is 0.172. The van der Waals surface area contributed by atoms with Gasteiger partial charge in [-0.05, 0) is 39.0 Å². The molecule has 4 aromatic rings. The van der Waals surface area contributed by atoms with Gasteiger partial charge >= 0.3 is 0 Å². The number of nitrogens with two attached hydrogens (primary N) is 1. The van der Waals surface area contributed by atoms with Crippen LogP contribution in [0.15, 0.2) is 24.5 Å². The number of aryl methyl sites for hydroxylation is 1. The number of anilines is 1. The number of pyridine rings is 1. The average molecular weight is 307 g/mol. The van der Waals surface area contributed by atoms with Gasteiger partial charge in [-0.2, -0.15) is 5.10 Å². The third-order valence-electron chi connectivity index (χ3n) is 3.88. The molecule has 0 radical (unpaired) electrons. The van der Waals surface area contributed by atoms with E-state index in [0.29, 0.717) is 5.82 Å². The van der Waals surface area contributed by atoms with E-state index in [4.69, 9.17) is 10.8 Å². The van der Waals surface area contributed by atoms with Crippen LogP contribution in [0.1, 0.15) is 25.6 Å².